The van der Waals surface area contributed by atoms with E-state index in [2.05, 4.69) is 81.5 Å². The van der Waals surface area contributed by atoms with E-state index in [9.17, 15) is 14.4 Å². The number of allylic oxidation sites excluding steroid dienone is 10. The minimum atomic E-state index is -0.787. The molecule has 0 heterocycles. The Bertz CT molecular complexity index is 1310. The Morgan fingerprint density at radius 1 is 0.274 bits per heavy atom. The average Bonchev–Trinajstić information content (AvgIpc) is 3.39. The molecule has 6 heteroatoms. The third-order valence-corrected chi connectivity index (χ3v) is 14.0. The molecule has 1 atom stereocenters. The lowest BCUT2D eigenvalue weighted by atomic mass is 10.0. The molecule has 0 bridgehead atoms. The molecule has 0 saturated carbocycles. The molecule has 0 aliphatic rings. The summed E-state index contributed by atoms with van der Waals surface area (Å²) < 4.78 is 16.9. The summed E-state index contributed by atoms with van der Waals surface area (Å²) in [6.45, 7) is 6.61. The van der Waals surface area contributed by atoms with Gasteiger partial charge in [-0.2, -0.15) is 0 Å². The number of unbranched alkanes of at least 4 members (excludes halogenated alkanes) is 37. The Morgan fingerprint density at radius 2 is 0.493 bits per heavy atom. The topological polar surface area (TPSA) is 78.9 Å². The van der Waals surface area contributed by atoms with Crippen LogP contribution in [-0.2, 0) is 28.6 Å². The van der Waals surface area contributed by atoms with E-state index in [1.165, 1.54) is 193 Å². The highest BCUT2D eigenvalue weighted by Crippen LogP contribution is 2.17. The molecular formula is C67H120O6. The first kappa shape index (κ1) is 70.1. The Labute approximate surface area is 453 Å². The van der Waals surface area contributed by atoms with E-state index in [4.69, 9.17) is 14.2 Å². The number of ether oxygens (including phenoxy) is 3. The van der Waals surface area contributed by atoms with Crippen molar-refractivity contribution in [2.24, 2.45) is 0 Å². The van der Waals surface area contributed by atoms with Gasteiger partial charge in [0.1, 0.15) is 13.2 Å². The van der Waals surface area contributed by atoms with E-state index < -0.39 is 6.10 Å². The Morgan fingerprint density at radius 3 is 0.795 bits per heavy atom. The molecule has 0 saturated heterocycles. The highest BCUT2D eigenvalue weighted by Gasteiger charge is 2.19. The molecule has 0 aliphatic carbocycles. The Kier molecular flexibility index (Phi) is 59.2. The third-order valence-electron chi connectivity index (χ3n) is 14.0. The second-order valence-electron chi connectivity index (χ2n) is 21.3. The zero-order chi connectivity index (χ0) is 52.9. The smallest absolute Gasteiger partial charge is 0.306 e. The predicted molar refractivity (Wildman–Crippen MR) is 316 cm³/mol. The number of carbonyl (C=O) groups is 3. The monoisotopic (exact) mass is 1020 g/mol. The molecule has 424 valence electrons. The van der Waals surface area contributed by atoms with Gasteiger partial charge in [0.15, 0.2) is 6.10 Å². The highest BCUT2D eigenvalue weighted by molar-refractivity contribution is 5.71. The van der Waals surface area contributed by atoms with Crippen molar-refractivity contribution in [2.75, 3.05) is 13.2 Å². The zero-order valence-corrected chi connectivity index (χ0v) is 48.7. The molecule has 0 N–H and O–H groups in total. The molecule has 0 aromatic rings. The molecule has 6 nitrogen and oxygen atoms in total. The van der Waals surface area contributed by atoms with Crippen LogP contribution in [0.5, 0.6) is 0 Å². The van der Waals surface area contributed by atoms with E-state index in [1.54, 1.807) is 0 Å². The molecular weight excluding hydrogens is 901 g/mol. The standard InChI is InChI=1S/C67H120O6/c1-4-7-10-13-16-19-22-25-28-31-32-33-34-37-39-42-45-48-51-54-57-60-66(69)72-63-64(73-67(70)61-58-55-52-49-46-43-40-36-30-27-24-21-18-15-12-9-6-3)62-71-65(68)59-56-53-50-47-44-41-38-35-29-26-23-20-17-14-11-8-5-2/h17-18,20-21,26-27,29-30,38,41,64H,4-16,19,22-25,28,31-37,39-40,42-63H2,1-3H3/b20-17-,21-18-,29-26-,30-27-,41-38-/t64-/m1/s1. The quantitative estimate of drug-likeness (QED) is 0.0261. The van der Waals surface area contributed by atoms with E-state index in [1.807, 2.05) is 0 Å². The number of hydrogen-bond donors (Lipinski definition) is 0. The van der Waals surface area contributed by atoms with Crippen molar-refractivity contribution >= 4 is 17.9 Å². The van der Waals surface area contributed by atoms with Crippen LogP contribution in [0, 0.1) is 0 Å². The Balaban J connectivity index is 4.37. The van der Waals surface area contributed by atoms with Crippen LogP contribution < -0.4 is 0 Å². The minimum absolute atomic E-state index is 0.0818. The van der Waals surface area contributed by atoms with Crippen LogP contribution in [0.2, 0.25) is 0 Å². The van der Waals surface area contributed by atoms with Crippen LogP contribution in [0.3, 0.4) is 0 Å². The molecule has 0 aliphatic heterocycles. The van der Waals surface area contributed by atoms with Gasteiger partial charge in [0, 0.05) is 19.3 Å². The van der Waals surface area contributed by atoms with Crippen molar-refractivity contribution < 1.29 is 28.6 Å². The molecule has 0 rings (SSSR count). The molecule has 0 aromatic heterocycles. The summed E-state index contributed by atoms with van der Waals surface area (Å²) in [5, 5.41) is 0. The first-order chi connectivity index (χ1) is 36.0. The van der Waals surface area contributed by atoms with Gasteiger partial charge >= 0.3 is 17.9 Å². The van der Waals surface area contributed by atoms with Gasteiger partial charge in [0.25, 0.3) is 0 Å². The summed E-state index contributed by atoms with van der Waals surface area (Å²) in [5.41, 5.74) is 0. The maximum atomic E-state index is 12.9. The maximum absolute atomic E-state index is 12.9. The van der Waals surface area contributed by atoms with Crippen molar-refractivity contribution in [1.82, 2.24) is 0 Å². The largest absolute Gasteiger partial charge is 0.462 e. The predicted octanol–water partition coefficient (Wildman–Crippen LogP) is 21.6. The summed E-state index contributed by atoms with van der Waals surface area (Å²) in [4.78, 5) is 38.3. The van der Waals surface area contributed by atoms with Crippen molar-refractivity contribution in [3.05, 3.63) is 60.8 Å². The third kappa shape index (κ3) is 59.9. The minimum Gasteiger partial charge on any atom is -0.462 e. The van der Waals surface area contributed by atoms with Crippen LogP contribution >= 0.6 is 0 Å². The van der Waals surface area contributed by atoms with E-state index in [0.29, 0.717) is 19.3 Å². The van der Waals surface area contributed by atoms with Gasteiger partial charge in [0.05, 0.1) is 0 Å². The lowest BCUT2D eigenvalue weighted by Gasteiger charge is -2.18. The summed E-state index contributed by atoms with van der Waals surface area (Å²) in [7, 11) is 0. The van der Waals surface area contributed by atoms with E-state index in [0.717, 1.165) is 96.3 Å². The van der Waals surface area contributed by atoms with Crippen LogP contribution in [0.4, 0.5) is 0 Å². The van der Waals surface area contributed by atoms with Gasteiger partial charge in [0.2, 0.25) is 0 Å². The van der Waals surface area contributed by atoms with Gasteiger partial charge in [-0.3, -0.25) is 14.4 Å². The lowest BCUT2D eigenvalue weighted by Crippen LogP contribution is -2.30. The number of carbonyl (C=O) groups excluding carboxylic acids is 3. The fourth-order valence-corrected chi connectivity index (χ4v) is 9.19. The van der Waals surface area contributed by atoms with Crippen molar-refractivity contribution in [3.63, 3.8) is 0 Å². The first-order valence-corrected chi connectivity index (χ1v) is 31.8. The molecule has 0 spiro atoms. The fraction of sp³-hybridized carbons (Fsp3) is 0.806. The van der Waals surface area contributed by atoms with Crippen LogP contribution in [-0.4, -0.2) is 37.2 Å². The first-order valence-electron chi connectivity index (χ1n) is 31.8. The van der Waals surface area contributed by atoms with Gasteiger partial charge < -0.3 is 14.2 Å². The van der Waals surface area contributed by atoms with Gasteiger partial charge in [-0.05, 0) is 89.9 Å². The lowest BCUT2D eigenvalue weighted by molar-refractivity contribution is -0.167. The molecule has 0 radical (unpaired) electrons. The van der Waals surface area contributed by atoms with Gasteiger partial charge in [-0.25, -0.2) is 0 Å². The molecule has 0 amide bonds. The molecule has 0 fully saturated rings. The highest BCUT2D eigenvalue weighted by atomic mass is 16.6. The summed E-state index contributed by atoms with van der Waals surface area (Å²) >= 11 is 0. The second kappa shape index (κ2) is 61.7. The fourth-order valence-electron chi connectivity index (χ4n) is 9.19. The van der Waals surface area contributed by atoms with Crippen molar-refractivity contribution in [3.8, 4) is 0 Å². The second-order valence-corrected chi connectivity index (χ2v) is 21.3. The number of hydrogen-bond acceptors (Lipinski definition) is 6. The van der Waals surface area contributed by atoms with Crippen LogP contribution in [0.25, 0.3) is 0 Å². The number of esters is 3. The van der Waals surface area contributed by atoms with Gasteiger partial charge in [-0.1, -0.05) is 281 Å². The van der Waals surface area contributed by atoms with Crippen LogP contribution in [0.15, 0.2) is 60.8 Å². The van der Waals surface area contributed by atoms with E-state index >= 15 is 0 Å². The SMILES string of the molecule is CCCCC/C=C\C/C=C\C/C=C\CCCCCCC(=O)OC[C@H](COC(=O)CCCCCCCCCCCCCCCCCCCCCCC)OC(=O)CCCCCCCCC/C=C\C/C=C\CCCCC. The van der Waals surface area contributed by atoms with Gasteiger partial charge in [-0.15, -0.1) is 0 Å². The summed E-state index contributed by atoms with van der Waals surface area (Å²) in [6, 6.07) is 0. The molecule has 0 unspecified atom stereocenters. The summed E-state index contributed by atoms with van der Waals surface area (Å²) in [5.74, 6) is -0.894. The molecule has 0 aromatic carbocycles. The molecule has 73 heavy (non-hydrogen) atoms. The Hall–Kier alpha value is -2.89. The van der Waals surface area contributed by atoms with Crippen molar-refractivity contribution in [1.29, 1.82) is 0 Å². The van der Waals surface area contributed by atoms with Crippen LogP contribution in [0.1, 0.15) is 329 Å². The average molecular weight is 1020 g/mol. The normalized spacial score (nSPS) is 12.4. The van der Waals surface area contributed by atoms with E-state index in [-0.39, 0.29) is 31.1 Å². The zero-order valence-electron chi connectivity index (χ0n) is 48.7. The summed E-state index contributed by atoms with van der Waals surface area (Å²) in [6.07, 6.45) is 77.9. The van der Waals surface area contributed by atoms with Crippen molar-refractivity contribution in [2.45, 2.75) is 335 Å². The number of rotatable bonds is 58. The maximum Gasteiger partial charge on any atom is 0.306 e.